The average Bonchev–Trinajstić information content (AvgIpc) is 3.27. The van der Waals surface area contributed by atoms with Crippen molar-refractivity contribution in [3.63, 3.8) is 0 Å². The maximum Gasteiger partial charge on any atom is 0.481 e. The van der Waals surface area contributed by atoms with Crippen molar-refractivity contribution < 1.29 is 28.9 Å². The van der Waals surface area contributed by atoms with Crippen LogP contribution in [0, 0.1) is 38.9 Å². The van der Waals surface area contributed by atoms with Crippen LogP contribution in [0.3, 0.4) is 0 Å². The minimum atomic E-state index is -1.58. The van der Waals surface area contributed by atoms with Crippen LogP contribution in [0.2, 0.25) is 0 Å². The first-order valence-electron chi connectivity index (χ1n) is 17.0. The second kappa shape index (κ2) is 15.8. The molecule has 6 unspecified atom stereocenters. The molecule has 1 aliphatic heterocycles. The summed E-state index contributed by atoms with van der Waals surface area (Å²) in [7, 11) is -1.98. The minimum absolute atomic E-state index is 0.0147. The predicted octanol–water partition coefficient (Wildman–Crippen LogP) is 3.31. The van der Waals surface area contributed by atoms with Crippen LogP contribution in [0.1, 0.15) is 127 Å². The summed E-state index contributed by atoms with van der Waals surface area (Å²) in [6.07, 6.45) is 7.74. The summed E-state index contributed by atoms with van der Waals surface area (Å²) in [4.78, 5) is 24.4. The van der Waals surface area contributed by atoms with Gasteiger partial charge in [-0.2, -0.15) is 0 Å². The van der Waals surface area contributed by atoms with E-state index in [1.807, 2.05) is 20.8 Å². The number of carbonyl (C=O) groups is 2. The molecule has 10 N–H and O–H groups in total. The van der Waals surface area contributed by atoms with Crippen LogP contribution in [0.15, 0.2) is 0 Å². The molecule has 0 radical (unpaired) electrons. The topological polar surface area (TPSA) is 217 Å². The lowest BCUT2D eigenvalue weighted by Crippen LogP contribution is -2.65. The van der Waals surface area contributed by atoms with E-state index in [-0.39, 0.29) is 41.1 Å². The number of nitrogens with two attached hydrogens (primary N) is 2. The van der Waals surface area contributed by atoms with Crippen LogP contribution >= 0.6 is 0 Å². The third-order valence-electron chi connectivity index (χ3n) is 10.1. The first-order chi connectivity index (χ1) is 21.0. The van der Waals surface area contributed by atoms with Crippen LogP contribution in [0.5, 0.6) is 0 Å². The molecule has 3 saturated carbocycles. The number of unbranched alkanes of at least 4 members (excludes halogenated alkanes) is 2. The molecule has 4 fully saturated rings. The van der Waals surface area contributed by atoms with Crippen LogP contribution in [-0.4, -0.2) is 71.4 Å². The molecule has 0 aromatic rings. The van der Waals surface area contributed by atoms with Crippen molar-refractivity contribution in [3.8, 4) is 0 Å². The van der Waals surface area contributed by atoms with Gasteiger partial charge in [-0.25, -0.2) is 0 Å². The van der Waals surface area contributed by atoms with E-state index in [1.165, 1.54) is 6.42 Å². The fraction of sp³-hybridized carbons (Fsp3) is 0.875. The van der Waals surface area contributed by atoms with E-state index in [0.717, 1.165) is 25.7 Å². The SMILES string of the molecule is CC(C)(C)C(=O)NC(CCCCC(=N)N)B(O)O.CC(C)(C)C(=O)NC(CCCCC(=N)N)B1OC2CC3CC(C3(C)C)C2(C)O1. The maximum absolute atomic E-state index is 12.7. The van der Waals surface area contributed by atoms with Gasteiger partial charge < -0.3 is 41.5 Å². The third kappa shape index (κ3) is 10.7. The molecule has 1 heterocycles. The predicted molar refractivity (Wildman–Crippen MR) is 184 cm³/mol. The molecule has 12 nitrogen and oxygen atoms in total. The van der Waals surface area contributed by atoms with E-state index in [2.05, 4.69) is 31.4 Å². The number of amides is 2. The third-order valence-corrected chi connectivity index (χ3v) is 10.1. The molecule has 0 aromatic heterocycles. The van der Waals surface area contributed by atoms with Gasteiger partial charge in [-0.15, -0.1) is 0 Å². The molecule has 1 saturated heterocycles. The van der Waals surface area contributed by atoms with Crippen molar-refractivity contribution in [2.24, 2.45) is 39.5 Å². The lowest BCUT2D eigenvalue weighted by molar-refractivity contribution is -0.199. The number of carbonyl (C=O) groups excluding carboxylic acids is 2. The summed E-state index contributed by atoms with van der Waals surface area (Å²) in [5.74, 6) is 0.485. The fourth-order valence-corrected chi connectivity index (χ4v) is 6.77. The Morgan fingerprint density at radius 2 is 1.39 bits per heavy atom. The molecule has 4 aliphatic rings. The van der Waals surface area contributed by atoms with Gasteiger partial charge >= 0.3 is 14.2 Å². The van der Waals surface area contributed by atoms with E-state index in [0.29, 0.717) is 49.4 Å². The first-order valence-corrected chi connectivity index (χ1v) is 17.0. The highest BCUT2D eigenvalue weighted by atomic mass is 16.7. The van der Waals surface area contributed by atoms with E-state index in [4.69, 9.17) is 31.6 Å². The Hall–Kier alpha value is -2.15. The van der Waals surface area contributed by atoms with Gasteiger partial charge in [0.1, 0.15) is 0 Å². The van der Waals surface area contributed by atoms with E-state index in [1.54, 1.807) is 20.8 Å². The van der Waals surface area contributed by atoms with E-state index >= 15 is 0 Å². The number of nitrogens with one attached hydrogen (secondary N) is 4. The standard InChI is InChI=1S/C21H38BN3O3.C11H24BN3O3/c1-19(2,3)18(26)25-16(9-7-8-10-17(23)24)22-27-15-12-13-11-14(20(13,4)5)21(15,6)28-22;1-11(2,3)10(16)15-8(12(17)18)6-4-5-7-9(13)14/h13-16H,7-12H2,1-6H3,(H3,23,24)(H,25,26);8,17-18H,4-7H2,1-3H3,(H3,13,14)(H,15,16). The maximum atomic E-state index is 12.7. The highest BCUT2D eigenvalue weighted by molar-refractivity contribution is 6.48. The molecule has 2 bridgehead atoms. The van der Waals surface area contributed by atoms with Gasteiger partial charge in [0.2, 0.25) is 11.8 Å². The van der Waals surface area contributed by atoms with E-state index < -0.39 is 31.0 Å². The van der Waals surface area contributed by atoms with Crippen molar-refractivity contribution in [3.05, 3.63) is 0 Å². The molecule has 3 aliphatic carbocycles. The Kier molecular flexibility index (Phi) is 13.8. The van der Waals surface area contributed by atoms with Crippen molar-refractivity contribution >= 4 is 37.7 Å². The highest BCUT2D eigenvalue weighted by Gasteiger charge is 2.68. The highest BCUT2D eigenvalue weighted by Crippen LogP contribution is 2.65. The Morgan fingerprint density at radius 1 is 0.891 bits per heavy atom. The summed E-state index contributed by atoms with van der Waals surface area (Å²) >= 11 is 0. The zero-order valence-electron chi connectivity index (χ0n) is 29.8. The van der Waals surface area contributed by atoms with Gasteiger partial charge in [-0.1, -0.05) is 68.2 Å². The van der Waals surface area contributed by atoms with Crippen molar-refractivity contribution in [1.29, 1.82) is 10.8 Å². The Bertz CT molecular complexity index is 1080. The van der Waals surface area contributed by atoms with Crippen LogP contribution < -0.4 is 22.1 Å². The van der Waals surface area contributed by atoms with Crippen molar-refractivity contribution in [1.82, 2.24) is 10.6 Å². The van der Waals surface area contributed by atoms with Gasteiger partial charge in [0.25, 0.3) is 0 Å². The van der Waals surface area contributed by atoms with Crippen LogP contribution in [0.4, 0.5) is 0 Å². The molecule has 0 aromatic carbocycles. The normalized spacial score (nSPS) is 26.0. The number of rotatable bonds is 14. The zero-order valence-corrected chi connectivity index (χ0v) is 29.8. The first kappa shape index (κ1) is 40.0. The van der Waals surface area contributed by atoms with Crippen molar-refractivity contribution in [2.45, 2.75) is 150 Å². The van der Waals surface area contributed by atoms with Gasteiger partial charge in [0, 0.05) is 23.7 Å². The Balaban J connectivity index is 0.000000356. The smallest absolute Gasteiger partial charge is 0.426 e. The molecule has 14 heteroatoms. The number of amidine groups is 2. The zero-order chi connectivity index (χ0) is 35.3. The lowest BCUT2D eigenvalue weighted by atomic mass is 9.43. The van der Waals surface area contributed by atoms with Gasteiger partial charge in [0.15, 0.2) is 0 Å². The summed E-state index contributed by atoms with van der Waals surface area (Å²) in [6, 6.07) is 0. The monoisotopic (exact) mass is 648 g/mol. The lowest BCUT2D eigenvalue weighted by Gasteiger charge is -2.64. The van der Waals surface area contributed by atoms with Crippen LogP contribution in [-0.2, 0) is 18.9 Å². The average molecular weight is 649 g/mol. The Labute approximate surface area is 277 Å². The summed E-state index contributed by atoms with van der Waals surface area (Å²) in [5.41, 5.74) is 9.70. The minimum Gasteiger partial charge on any atom is -0.426 e. The summed E-state index contributed by atoms with van der Waals surface area (Å²) < 4.78 is 13.0. The molecule has 4 rings (SSSR count). The van der Waals surface area contributed by atoms with Gasteiger partial charge in [0.05, 0.1) is 35.3 Å². The molecule has 2 amide bonds. The summed E-state index contributed by atoms with van der Waals surface area (Å²) in [6.45, 7) is 18.0. The van der Waals surface area contributed by atoms with Crippen LogP contribution in [0.25, 0.3) is 0 Å². The summed E-state index contributed by atoms with van der Waals surface area (Å²) in [5, 5.41) is 38.7. The second-order valence-electron chi connectivity index (χ2n) is 16.5. The molecular weight excluding hydrogens is 586 g/mol. The fourth-order valence-electron chi connectivity index (χ4n) is 6.77. The molecule has 0 spiro atoms. The number of hydrogen-bond acceptors (Lipinski definition) is 8. The molecular formula is C32H62B2N6O6. The Morgan fingerprint density at radius 3 is 1.85 bits per heavy atom. The largest absolute Gasteiger partial charge is 0.481 e. The van der Waals surface area contributed by atoms with E-state index in [9.17, 15) is 19.6 Å². The quantitative estimate of drug-likeness (QED) is 0.0604. The van der Waals surface area contributed by atoms with Gasteiger partial charge in [-0.3, -0.25) is 20.4 Å². The number of hydrogen-bond donors (Lipinski definition) is 8. The van der Waals surface area contributed by atoms with Crippen molar-refractivity contribution in [2.75, 3.05) is 0 Å². The van der Waals surface area contributed by atoms with Gasteiger partial charge in [-0.05, 0) is 62.7 Å². The molecule has 262 valence electrons. The molecule has 6 atom stereocenters. The molecule has 46 heavy (non-hydrogen) atoms. The second-order valence-corrected chi connectivity index (χ2v) is 16.5.